The lowest BCUT2D eigenvalue weighted by atomic mass is 10.1. The van der Waals surface area contributed by atoms with E-state index in [2.05, 4.69) is 47.1 Å². The molecule has 0 fully saturated rings. The summed E-state index contributed by atoms with van der Waals surface area (Å²) in [5.41, 5.74) is 4.40. The number of amides is 1. The fourth-order valence-corrected chi connectivity index (χ4v) is 4.00. The Morgan fingerprint density at radius 3 is 2.64 bits per heavy atom. The molecule has 0 unspecified atom stereocenters. The third-order valence-electron chi connectivity index (χ3n) is 5.62. The second kappa shape index (κ2) is 11.3. The minimum absolute atomic E-state index is 0.0583. The number of para-hydroxylation sites is 2. The monoisotopic (exact) mass is 441 g/mol. The van der Waals surface area contributed by atoms with Gasteiger partial charge in [-0.2, -0.15) is 0 Å². The van der Waals surface area contributed by atoms with Crippen molar-refractivity contribution in [1.29, 1.82) is 0 Å². The molecule has 1 N–H and O–H groups in total. The molecule has 3 aromatic carbocycles. The van der Waals surface area contributed by atoms with Crippen molar-refractivity contribution >= 4 is 16.9 Å². The molecule has 0 saturated heterocycles. The van der Waals surface area contributed by atoms with Crippen molar-refractivity contribution in [3.8, 4) is 5.75 Å². The summed E-state index contributed by atoms with van der Waals surface area (Å²) in [7, 11) is 0. The van der Waals surface area contributed by atoms with Gasteiger partial charge in [-0.05, 0) is 55.2 Å². The van der Waals surface area contributed by atoms with E-state index in [0.29, 0.717) is 19.6 Å². The second-order valence-electron chi connectivity index (χ2n) is 8.30. The lowest BCUT2D eigenvalue weighted by Crippen LogP contribution is -2.26. The van der Waals surface area contributed by atoms with Crippen LogP contribution in [0.5, 0.6) is 5.75 Å². The molecular formula is C28H31N3O2. The van der Waals surface area contributed by atoms with Gasteiger partial charge in [-0.1, -0.05) is 54.6 Å². The van der Waals surface area contributed by atoms with Crippen LogP contribution in [0.15, 0.2) is 78.9 Å². The zero-order chi connectivity index (χ0) is 22.9. The van der Waals surface area contributed by atoms with Crippen LogP contribution in [-0.2, 0) is 24.2 Å². The van der Waals surface area contributed by atoms with Crippen molar-refractivity contribution in [3.63, 3.8) is 0 Å². The summed E-state index contributed by atoms with van der Waals surface area (Å²) in [4.78, 5) is 17.1. The highest BCUT2D eigenvalue weighted by atomic mass is 16.5. The summed E-state index contributed by atoms with van der Waals surface area (Å²) >= 11 is 0. The molecule has 1 amide bonds. The van der Waals surface area contributed by atoms with E-state index in [1.807, 2.05) is 48.5 Å². The Hall–Kier alpha value is -3.60. The third-order valence-corrected chi connectivity index (χ3v) is 5.62. The molecule has 0 bridgehead atoms. The highest BCUT2D eigenvalue weighted by Crippen LogP contribution is 2.18. The van der Waals surface area contributed by atoms with Gasteiger partial charge in [0.05, 0.1) is 24.1 Å². The van der Waals surface area contributed by atoms with Gasteiger partial charge in [0.2, 0.25) is 5.91 Å². The van der Waals surface area contributed by atoms with Gasteiger partial charge < -0.3 is 14.6 Å². The van der Waals surface area contributed by atoms with Gasteiger partial charge in [0.1, 0.15) is 11.6 Å². The molecule has 0 radical (unpaired) electrons. The van der Waals surface area contributed by atoms with E-state index in [9.17, 15) is 4.79 Å². The van der Waals surface area contributed by atoms with Crippen LogP contribution in [-0.4, -0.2) is 28.6 Å². The van der Waals surface area contributed by atoms with Crippen LogP contribution in [0.1, 0.15) is 29.8 Å². The number of rotatable bonds is 11. The van der Waals surface area contributed by atoms with Crippen molar-refractivity contribution in [2.75, 3.05) is 13.2 Å². The number of carbonyl (C=O) groups is 1. The lowest BCUT2D eigenvalue weighted by Gasteiger charge is -2.11. The number of imidazole rings is 1. The molecule has 0 aliphatic rings. The molecule has 0 saturated carbocycles. The van der Waals surface area contributed by atoms with Crippen LogP contribution in [0, 0.1) is 6.92 Å². The molecule has 5 heteroatoms. The van der Waals surface area contributed by atoms with E-state index in [1.54, 1.807) is 0 Å². The first-order chi connectivity index (χ1) is 16.2. The van der Waals surface area contributed by atoms with Crippen LogP contribution < -0.4 is 10.1 Å². The molecule has 1 aromatic heterocycles. The predicted octanol–water partition coefficient (Wildman–Crippen LogP) is 5.11. The summed E-state index contributed by atoms with van der Waals surface area (Å²) in [5, 5.41) is 3.03. The van der Waals surface area contributed by atoms with E-state index in [1.165, 1.54) is 5.56 Å². The molecule has 0 aliphatic carbocycles. The number of aryl methyl sites for hydroxylation is 3. The highest BCUT2D eigenvalue weighted by Gasteiger charge is 2.11. The van der Waals surface area contributed by atoms with Gasteiger partial charge in [0.25, 0.3) is 0 Å². The molecule has 4 rings (SSSR count). The molecule has 0 spiro atoms. The topological polar surface area (TPSA) is 56.1 Å². The quantitative estimate of drug-likeness (QED) is 0.329. The fourth-order valence-electron chi connectivity index (χ4n) is 4.00. The number of carbonyl (C=O) groups excluding carboxylic acids is 1. The SMILES string of the molecule is Cc1cccc(OCCCn2c(CCCNC(=O)Cc3ccccc3)nc3ccccc32)c1. The summed E-state index contributed by atoms with van der Waals surface area (Å²) in [6.45, 7) is 4.22. The first-order valence-electron chi connectivity index (χ1n) is 11.6. The first kappa shape index (κ1) is 22.6. The van der Waals surface area contributed by atoms with Gasteiger partial charge in [-0.25, -0.2) is 4.98 Å². The Kier molecular flexibility index (Phi) is 7.75. The average molecular weight is 442 g/mol. The van der Waals surface area contributed by atoms with E-state index in [0.717, 1.165) is 54.0 Å². The standard InChI is InChI=1S/C28H31N3O2/c1-22-10-7-13-24(20-22)33-19-9-18-31-26-15-6-5-14-25(26)30-27(31)16-8-17-29-28(32)21-23-11-3-2-4-12-23/h2-7,10-15,20H,8-9,16-19,21H2,1H3,(H,29,32). The van der Waals surface area contributed by atoms with Crippen molar-refractivity contribution < 1.29 is 9.53 Å². The van der Waals surface area contributed by atoms with Crippen molar-refractivity contribution in [1.82, 2.24) is 14.9 Å². The molecule has 0 aliphatic heterocycles. The van der Waals surface area contributed by atoms with Gasteiger partial charge in [-0.3, -0.25) is 4.79 Å². The van der Waals surface area contributed by atoms with Gasteiger partial charge >= 0.3 is 0 Å². The number of ether oxygens (including phenoxy) is 1. The van der Waals surface area contributed by atoms with E-state index < -0.39 is 0 Å². The van der Waals surface area contributed by atoms with Crippen molar-refractivity contribution in [2.45, 2.75) is 39.2 Å². The van der Waals surface area contributed by atoms with E-state index in [-0.39, 0.29) is 5.91 Å². The first-order valence-corrected chi connectivity index (χ1v) is 11.6. The van der Waals surface area contributed by atoms with Gasteiger partial charge in [0, 0.05) is 19.5 Å². The normalized spacial score (nSPS) is 10.9. The number of nitrogens with zero attached hydrogens (tertiary/aromatic N) is 2. The summed E-state index contributed by atoms with van der Waals surface area (Å²) in [6.07, 6.45) is 2.98. The molecule has 5 nitrogen and oxygen atoms in total. The number of fused-ring (bicyclic) bond motifs is 1. The minimum Gasteiger partial charge on any atom is -0.494 e. The van der Waals surface area contributed by atoms with Crippen LogP contribution in [0.25, 0.3) is 11.0 Å². The average Bonchev–Trinajstić information content (AvgIpc) is 3.18. The Balaban J connectivity index is 1.29. The maximum absolute atomic E-state index is 12.2. The molecule has 33 heavy (non-hydrogen) atoms. The summed E-state index contributed by atoms with van der Waals surface area (Å²) in [5.74, 6) is 2.03. The molecule has 0 atom stereocenters. The maximum Gasteiger partial charge on any atom is 0.224 e. The predicted molar refractivity (Wildman–Crippen MR) is 133 cm³/mol. The Morgan fingerprint density at radius 2 is 1.79 bits per heavy atom. The lowest BCUT2D eigenvalue weighted by molar-refractivity contribution is -0.120. The summed E-state index contributed by atoms with van der Waals surface area (Å²) < 4.78 is 8.22. The number of hydrogen-bond donors (Lipinski definition) is 1. The fraction of sp³-hybridized carbons (Fsp3) is 0.286. The van der Waals surface area contributed by atoms with Gasteiger partial charge in [-0.15, -0.1) is 0 Å². The van der Waals surface area contributed by atoms with Crippen LogP contribution in [0.3, 0.4) is 0 Å². The summed E-state index contributed by atoms with van der Waals surface area (Å²) in [6, 6.07) is 26.2. The number of nitrogens with one attached hydrogen (secondary N) is 1. The van der Waals surface area contributed by atoms with Crippen LogP contribution in [0.4, 0.5) is 0 Å². The second-order valence-corrected chi connectivity index (χ2v) is 8.30. The van der Waals surface area contributed by atoms with Crippen molar-refractivity contribution in [2.24, 2.45) is 0 Å². The number of benzene rings is 3. The minimum atomic E-state index is 0.0583. The smallest absolute Gasteiger partial charge is 0.224 e. The third kappa shape index (κ3) is 6.45. The molecular weight excluding hydrogens is 410 g/mol. The van der Waals surface area contributed by atoms with E-state index in [4.69, 9.17) is 9.72 Å². The van der Waals surface area contributed by atoms with Crippen molar-refractivity contribution in [3.05, 3.63) is 95.8 Å². The number of aromatic nitrogens is 2. The Labute approximate surface area is 195 Å². The van der Waals surface area contributed by atoms with E-state index >= 15 is 0 Å². The highest BCUT2D eigenvalue weighted by molar-refractivity contribution is 5.78. The molecule has 4 aromatic rings. The molecule has 1 heterocycles. The Bertz CT molecular complexity index is 1180. The van der Waals surface area contributed by atoms with Crippen LogP contribution in [0.2, 0.25) is 0 Å². The zero-order valence-corrected chi connectivity index (χ0v) is 19.2. The largest absolute Gasteiger partial charge is 0.494 e. The maximum atomic E-state index is 12.2. The number of hydrogen-bond acceptors (Lipinski definition) is 3. The zero-order valence-electron chi connectivity index (χ0n) is 19.2. The molecule has 170 valence electrons. The van der Waals surface area contributed by atoms with Crippen LogP contribution >= 0.6 is 0 Å². The Morgan fingerprint density at radius 1 is 0.970 bits per heavy atom. The van der Waals surface area contributed by atoms with Gasteiger partial charge in [0.15, 0.2) is 0 Å².